The van der Waals surface area contributed by atoms with E-state index in [0.29, 0.717) is 29.5 Å². The van der Waals surface area contributed by atoms with Gasteiger partial charge < -0.3 is 14.2 Å². The number of rotatable bonds is 7. The number of aromatic nitrogens is 1. The first-order valence-corrected chi connectivity index (χ1v) is 7.99. The fourth-order valence-corrected chi connectivity index (χ4v) is 2.83. The number of benzene rings is 1. The molecule has 0 fully saturated rings. The van der Waals surface area contributed by atoms with Crippen molar-refractivity contribution in [2.75, 3.05) is 33.2 Å². The average molecular weight is 328 g/mol. The maximum Gasteiger partial charge on any atom is 0.140 e. The summed E-state index contributed by atoms with van der Waals surface area (Å²) in [6.07, 6.45) is 0. The van der Waals surface area contributed by atoms with Crippen molar-refractivity contribution in [3.63, 3.8) is 0 Å². The van der Waals surface area contributed by atoms with Crippen LogP contribution in [0.3, 0.4) is 0 Å². The second kappa shape index (κ2) is 7.73. The lowest BCUT2D eigenvalue weighted by molar-refractivity contribution is 0.146. The first-order chi connectivity index (χ1) is 10.2. The molecule has 114 valence electrons. The van der Waals surface area contributed by atoms with Gasteiger partial charge in [-0.25, -0.2) is 4.98 Å². The van der Waals surface area contributed by atoms with Gasteiger partial charge in [-0.2, -0.15) is 0 Å². The van der Waals surface area contributed by atoms with Crippen LogP contribution in [0.15, 0.2) is 23.2 Å². The van der Waals surface area contributed by atoms with Gasteiger partial charge in [0.05, 0.1) is 19.2 Å². The number of halogens is 1. The lowest BCUT2D eigenvalue weighted by Gasteiger charge is -2.12. The van der Waals surface area contributed by atoms with E-state index in [4.69, 9.17) is 25.8 Å². The molecule has 1 aromatic heterocycles. The predicted molar refractivity (Wildman–Crippen MR) is 87.1 cm³/mol. The van der Waals surface area contributed by atoms with Crippen LogP contribution >= 0.6 is 23.4 Å². The van der Waals surface area contributed by atoms with E-state index in [1.54, 1.807) is 26.0 Å². The van der Waals surface area contributed by atoms with Gasteiger partial charge in [-0.3, -0.25) is 0 Å². The van der Waals surface area contributed by atoms with Crippen molar-refractivity contribution < 1.29 is 14.2 Å². The Balaban J connectivity index is 2.46. The number of hydrogen-bond acceptors (Lipinski definition) is 5. The summed E-state index contributed by atoms with van der Waals surface area (Å²) < 4.78 is 16.0. The number of fused-ring (bicyclic) bond motifs is 1. The second-order valence-electron chi connectivity index (χ2n) is 4.21. The molecule has 0 saturated heterocycles. The van der Waals surface area contributed by atoms with Gasteiger partial charge in [0.25, 0.3) is 0 Å². The minimum atomic E-state index is 0.447. The molecule has 0 amide bonds. The third kappa shape index (κ3) is 3.73. The number of pyridine rings is 1. The third-order valence-corrected chi connectivity index (χ3v) is 4.04. The summed E-state index contributed by atoms with van der Waals surface area (Å²) in [6, 6.07) is 5.67. The minimum Gasteiger partial charge on any atom is -0.496 e. The van der Waals surface area contributed by atoms with Crippen molar-refractivity contribution in [3.05, 3.63) is 23.2 Å². The molecular formula is C15H18ClNO3S. The molecule has 0 aliphatic rings. The molecule has 6 heteroatoms. The van der Waals surface area contributed by atoms with Gasteiger partial charge in [0, 0.05) is 18.6 Å². The van der Waals surface area contributed by atoms with Crippen molar-refractivity contribution in [2.45, 2.75) is 11.9 Å². The molecule has 21 heavy (non-hydrogen) atoms. The van der Waals surface area contributed by atoms with Crippen LogP contribution in [0.2, 0.25) is 5.02 Å². The summed E-state index contributed by atoms with van der Waals surface area (Å²) >= 11 is 8.07. The Morgan fingerprint density at radius 1 is 1.19 bits per heavy atom. The minimum absolute atomic E-state index is 0.447. The van der Waals surface area contributed by atoms with E-state index in [2.05, 4.69) is 11.9 Å². The largest absolute Gasteiger partial charge is 0.496 e. The lowest BCUT2D eigenvalue weighted by atomic mass is 10.2. The zero-order valence-electron chi connectivity index (χ0n) is 12.3. The molecule has 1 heterocycles. The van der Waals surface area contributed by atoms with E-state index in [9.17, 15) is 0 Å². The van der Waals surface area contributed by atoms with E-state index < -0.39 is 0 Å². The maximum absolute atomic E-state index is 6.43. The highest BCUT2D eigenvalue weighted by molar-refractivity contribution is 7.99. The number of thioether (sulfide) groups is 1. The van der Waals surface area contributed by atoms with Crippen LogP contribution in [0.4, 0.5) is 0 Å². The summed E-state index contributed by atoms with van der Waals surface area (Å²) in [5, 5.41) is 2.26. The number of nitrogens with zero attached hydrogens (tertiary/aromatic N) is 1. The topological polar surface area (TPSA) is 40.6 Å². The van der Waals surface area contributed by atoms with Crippen molar-refractivity contribution >= 4 is 34.3 Å². The number of hydrogen-bond donors (Lipinski definition) is 0. The van der Waals surface area contributed by atoms with E-state index in [0.717, 1.165) is 21.9 Å². The molecule has 0 N–H and O–H groups in total. The zero-order valence-corrected chi connectivity index (χ0v) is 13.9. The molecule has 0 aliphatic heterocycles. The molecule has 1 aromatic carbocycles. The average Bonchev–Trinajstić information content (AvgIpc) is 2.50. The van der Waals surface area contributed by atoms with Gasteiger partial charge in [-0.1, -0.05) is 18.5 Å². The van der Waals surface area contributed by atoms with Gasteiger partial charge in [0.2, 0.25) is 0 Å². The smallest absolute Gasteiger partial charge is 0.140 e. The van der Waals surface area contributed by atoms with Gasteiger partial charge in [0.1, 0.15) is 28.2 Å². The standard InChI is InChI=1S/C15H18ClNO3S/c1-4-21-13-9-12(19-3)10-5-6-11(20-8-7-18-2)14(16)15(10)17-13/h5-6,9H,4,7-8H2,1-3H3. The van der Waals surface area contributed by atoms with Gasteiger partial charge in [-0.05, 0) is 17.9 Å². The molecule has 0 saturated carbocycles. The van der Waals surface area contributed by atoms with Crippen LogP contribution in [0.5, 0.6) is 11.5 Å². The van der Waals surface area contributed by atoms with Crippen LogP contribution in [0.25, 0.3) is 10.9 Å². The van der Waals surface area contributed by atoms with Crippen LogP contribution in [-0.2, 0) is 4.74 Å². The Morgan fingerprint density at radius 2 is 2.00 bits per heavy atom. The van der Waals surface area contributed by atoms with Crippen molar-refractivity contribution in [2.24, 2.45) is 0 Å². The molecule has 0 unspecified atom stereocenters. The molecule has 0 radical (unpaired) electrons. The van der Waals surface area contributed by atoms with Gasteiger partial charge in [-0.15, -0.1) is 11.8 Å². The Kier molecular flexibility index (Phi) is 5.96. The zero-order chi connectivity index (χ0) is 15.2. The van der Waals surface area contributed by atoms with Crippen molar-refractivity contribution in [1.82, 2.24) is 4.98 Å². The normalized spacial score (nSPS) is 10.9. The molecule has 2 rings (SSSR count). The fraction of sp³-hybridized carbons (Fsp3) is 0.400. The van der Waals surface area contributed by atoms with E-state index in [-0.39, 0.29) is 0 Å². The molecule has 0 bridgehead atoms. The SMILES string of the molecule is CCSc1cc(OC)c2ccc(OCCOC)c(Cl)c2n1. The highest BCUT2D eigenvalue weighted by atomic mass is 35.5. The molecule has 2 aromatic rings. The molecule has 0 spiro atoms. The maximum atomic E-state index is 6.43. The Bertz CT molecular complexity index is 621. The lowest BCUT2D eigenvalue weighted by Crippen LogP contribution is -2.04. The highest BCUT2D eigenvalue weighted by Crippen LogP contribution is 2.37. The van der Waals surface area contributed by atoms with Crippen LogP contribution in [0, 0.1) is 0 Å². The Labute approximate surface area is 133 Å². The predicted octanol–water partition coefficient (Wildman–Crippen LogP) is 4.03. The Hall–Kier alpha value is -1.17. The van der Waals surface area contributed by atoms with E-state index >= 15 is 0 Å². The van der Waals surface area contributed by atoms with Crippen molar-refractivity contribution in [1.29, 1.82) is 0 Å². The number of methoxy groups -OCH3 is 2. The monoisotopic (exact) mass is 327 g/mol. The van der Waals surface area contributed by atoms with Gasteiger partial charge in [0.15, 0.2) is 0 Å². The molecule has 0 aliphatic carbocycles. The third-order valence-electron chi connectivity index (χ3n) is 2.88. The Morgan fingerprint density at radius 3 is 2.67 bits per heavy atom. The molecular weight excluding hydrogens is 310 g/mol. The summed E-state index contributed by atoms with van der Waals surface area (Å²) in [6.45, 7) is 3.04. The molecule has 0 atom stereocenters. The first kappa shape index (κ1) is 16.2. The van der Waals surface area contributed by atoms with Crippen LogP contribution < -0.4 is 9.47 Å². The highest BCUT2D eigenvalue weighted by Gasteiger charge is 2.13. The number of ether oxygens (including phenoxy) is 3. The summed E-state index contributed by atoms with van der Waals surface area (Å²) in [5.41, 5.74) is 0.696. The quantitative estimate of drug-likeness (QED) is 0.567. The van der Waals surface area contributed by atoms with E-state index in [1.165, 1.54) is 0 Å². The van der Waals surface area contributed by atoms with Crippen LogP contribution in [-0.4, -0.2) is 38.2 Å². The van der Waals surface area contributed by atoms with E-state index in [1.807, 2.05) is 18.2 Å². The van der Waals surface area contributed by atoms with Gasteiger partial charge >= 0.3 is 0 Å². The summed E-state index contributed by atoms with van der Waals surface area (Å²) in [7, 11) is 3.28. The fourth-order valence-electron chi connectivity index (χ4n) is 1.92. The van der Waals surface area contributed by atoms with Crippen molar-refractivity contribution in [3.8, 4) is 11.5 Å². The van der Waals surface area contributed by atoms with Crippen LogP contribution in [0.1, 0.15) is 6.92 Å². The molecule has 4 nitrogen and oxygen atoms in total. The summed E-state index contributed by atoms with van der Waals surface area (Å²) in [4.78, 5) is 4.60. The summed E-state index contributed by atoms with van der Waals surface area (Å²) in [5.74, 6) is 2.30. The first-order valence-electron chi connectivity index (χ1n) is 6.63. The second-order valence-corrected chi connectivity index (χ2v) is 5.87.